The molecule has 0 radical (unpaired) electrons. The van der Waals surface area contributed by atoms with Gasteiger partial charge in [0.15, 0.2) is 6.10 Å². The van der Waals surface area contributed by atoms with E-state index in [9.17, 15) is 19.2 Å². The maximum atomic E-state index is 13.6. The Bertz CT molecular complexity index is 1880. The molecule has 3 amide bonds. The van der Waals surface area contributed by atoms with Gasteiger partial charge in [0.05, 0.1) is 11.9 Å². The molecule has 12 nitrogen and oxygen atoms in total. The van der Waals surface area contributed by atoms with Crippen LogP contribution in [0.4, 0.5) is 11.4 Å². The molecule has 0 bridgehead atoms. The highest BCUT2D eigenvalue weighted by Crippen LogP contribution is 2.43. The van der Waals surface area contributed by atoms with Gasteiger partial charge >= 0.3 is 0 Å². The fourth-order valence-electron chi connectivity index (χ4n) is 8.40. The molecule has 4 fully saturated rings. The number of nitrogens with one attached hydrogen (secondary N) is 2. The van der Waals surface area contributed by atoms with Crippen LogP contribution < -0.4 is 25.8 Å². The van der Waals surface area contributed by atoms with Crippen molar-refractivity contribution in [3.05, 3.63) is 80.2 Å². The van der Waals surface area contributed by atoms with Crippen LogP contribution in [-0.2, 0) is 16.6 Å². The van der Waals surface area contributed by atoms with Gasteiger partial charge in [-0.05, 0) is 115 Å². The number of piperidine rings is 4. The molecule has 1 unspecified atom stereocenters. The molecular formula is C39H48BrN7O5. The summed E-state index contributed by atoms with van der Waals surface area (Å²) in [7, 11) is 3.75. The van der Waals surface area contributed by atoms with Crippen LogP contribution in [0.3, 0.4) is 0 Å². The van der Waals surface area contributed by atoms with Gasteiger partial charge in [0.2, 0.25) is 5.91 Å². The number of hydrogen-bond donors (Lipinski definition) is 2. The minimum atomic E-state index is -0.642. The van der Waals surface area contributed by atoms with Crippen molar-refractivity contribution >= 4 is 45.0 Å². The van der Waals surface area contributed by atoms with Gasteiger partial charge in [0.1, 0.15) is 10.2 Å². The smallest absolute Gasteiger partial charge is 0.282 e. The van der Waals surface area contributed by atoms with E-state index in [2.05, 4.69) is 72.8 Å². The summed E-state index contributed by atoms with van der Waals surface area (Å²) in [6, 6.07) is 14.5. The van der Waals surface area contributed by atoms with Crippen LogP contribution in [0.5, 0.6) is 5.75 Å². The first-order valence-corrected chi connectivity index (χ1v) is 19.2. The highest BCUT2D eigenvalue weighted by molar-refractivity contribution is 9.10. The number of likely N-dealkylation sites (tertiary alicyclic amines) is 2. The Kier molecular flexibility index (Phi) is 10.4. The number of benzene rings is 2. The average molecular weight is 775 g/mol. The molecule has 52 heavy (non-hydrogen) atoms. The Balaban J connectivity index is 0.897. The van der Waals surface area contributed by atoms with E-state index in [1.54, 1.807) is 13.2 Å². The summed E-state index contributed by atoms with van der Waals surface area (Å²) >= 11 is 3.43. The number of aryl methyl sites for hydroxylation is 2. The predicted molar refractivity (Wildman–Crippen MR) is 203 cm³/mol. The van der Waals surface area contributed by atoms with Crippen molar-refractivity contribution in [1.82, 2.24) is 24.9 Å². The molecule has 13 heteroatoms. The van der Waals surface area contributed by atoms with Crippen molar-refractivity contribution in [3.8, 4) is 5.75 Å². The molecule has 4 aliphatic heterocycles. The van der Waals surface area contributed by atoms with Crippen molar-refractivity contribution in [2.45, 2.75) is 69.9 Å². The number of nitrogens with zero attached hydrogens (tertiary/aromatic N) is 5. The normalized spacial score (nSPS) is 23.7. The lowest BCUT2D eigenvalue weighted by Crippen LogP contribution is -2.48. The zero-order valence-electron chi connectivity index (χ0n) is 30.2. The van der Waals surface area contributed by atoms with E-state index in [4.69, 9.17) is 4.74 Å². The summed E-state index contributed by atoms with van der Waals surface area (Å²) in [5.74, 6) is 0.461. The van der Waals surface area contributed by atoms with Crippen LogP contribution in [0.25, 0.3) is 0 Å². The third-order valence-corrected chi connectivity index (χ3v) is 12.4. The summed E-state index contributed by atoms with van der Waals surface area (Å²) < 4.78 is 7.78. The number of imide groups is 1. The molecule has 0 aliphatic carbocycles. The number of ether oxygens (including phenoxy) is 1. The summed E-state index contributed by atoms with van der Waals surface area (Å²) in [6.45, 7) is 7.27. The van der Waals surface area contributed by atoms with Crippen LogP contribution >= 0.6 is 15.9 Å². The third kappa shape index (κ3) is 7.75. The van der Waals surface area contributed by atoms with Crippen LogP contribution in [0.1, 0.15) is 72.3 Å². The van der Waals surface area contributed by atoms with Gasteiger partial charge in [-0.2, -0.15) is 5.10 Å². The second kappa shape index (κ2) is 15.0. The van der Waals surface area contributed by atoms with Crippen LogP contribution in [-0.4, -0.2) is 95.8 Å². The zero-order chi connectivity index (χ0) is 36.6. The Labute approximate surface area is 313 Å². The standard InChI is InChI=1S/C39H48BrN7O5/c1-25-20-30(8-9-32(25)52-33-10-11-34(48)43-36(33)49)46-16-12-39(13-17-46)14-18-47(19-15-39)37(50)27-6-4-26(5-7-27)28-21-29(24-44(2)23-28)42-31-22-41-45(3)38(51)35(31)40/h4-9,20,22,28-29,33,42H,10-19,21,23-24H2,1-3H3,(H,43,48,49)/t28-,29+,33?/m1/s1. The fourth-order valence-corrected chi connectivity index (χ4v) is 8.88. The highest BCUT2D eigenvalue weighted by Gasteiger charge is 2.39. The lowest BCUT2D eigenvalue weighted by molar-refractivity contribution is -0.138. The van der Waals surface area contributed by atoms with Crippen molar-refractivity contribution < 1.29 is 19.1 Å². The third-order valence-electron chi connectivity index (χ3n) is 11.6. The first-order chi connectivity index (χ1) is 25.0. The minimum Gasteiger partial charge on any atom is -0.480 e. The van der Waals surface area contributed by atoms with E-state index < -0.39 is 6.10 Å². The predicted octanol–water partition coefficient (Wildman–Crippen LogP) is 4.46. The summed E-state index contributed by atoms with van der Waals surface area (Å²) in [5.41, 5.74) is 4.87. The lowest BCUT2D eigenvalue weighted by atomic mass is 9.71. The second-order valence-corrected chi connectivity index (χ2v) is 16.0. The van der Waals surface area contributed by atoms with Crippen molar-refractivity contribution in [2.75, 3.05) is 56.5 Å². The number of halogens is 1. The molecule has 7 rings (SSSR count). The number of anilines is 2. The van der Waals surface area contributed by atoms with E-state index in [0.717, 1.165) is 88.2 Å². The van der Waals surface area contributed by atoms with Gasteiger partial charge in [0, 0.05) is 76.5 Å². The van der Waals surface area contributed by atoms with Gasteiger partial charge in [0.25, 0.3) is 17.4 Å². The number of carbonyl (C=O) groups is 3. The molecule has 276 valence electrons. The van der Waals surface area contributed by atoms with E-state index in [-0.39, 0.29) is 34.7 Å². The SMILES string of the molecule is Cc1cc(N2CCC3(CCN(C(=O)c4ccc([C@@H]5C[C@H](Nc6cnn(C)c(=O)c6Br)CN(C)C5)cc4)CC3)CC2)ccc1OC1CCC(=O)NC1=O. The maximum Gasteiger partial charge on any atom is 0.282 e. The van der Waals surface area contributed by atoms with E-state index in [1.165, 1.54) is 10.2 Å². The molecule has 4 saturated heterocycles. The number of likely N-dealkylation sites (N-methyl/N-ethyl adjacent to an activating group) is 1. The highest BCUT2D eigenvalue weighted by atomic mass is 79.9. The van der Waals surface area contributed by atoms with Crippen molar-refractivity contribution in [1.29, 1.82) is 0 Å². The molecule has 4 aliphatic rings. The molecule has 3 atom stereocenters. The number of hydrogen-bond acceptors (Lipinski definition) is 9. The van der Waals surface area contributed by atoms with E-state index in [0.29, 0.717) is 34.7 Å². The molecule has 0 saturated carbocycles. The van der Waals surface area contributed by atoms with Crippen LogP contribution in [0.15, 0.2) is 57.9 Å². The minimum absolute atomic E-state index is 0.109. The molecular weight excluding hydrogens is 726 g/mol. The molecule has 2 aromatic carbocycles. The van der Waals surface area contributed by atoms with Crippen molar-refractivity contribution in [3.63, 3.8) is 0 Å². The van der Waals surface area contributed by atoms with Gasteiger partial charge in [-0.1, -0.05) is 12.1 Å². The first kappa shape index (κ1) is 36.1. The molecule has 2 N–H and O–H groups in total. The van der Waals surface area contributed by atoms with Crippen molar-refractivity contribution in [2.24, 2.45) is 12.5 Å². The lowest BCUT2D eigenvalue weighted by Gasteiger charge is -2.47. The quantitative estimate of drug-likeness (QED) is 0.335. The number of aromatic nitrogens is 2. The topological polar surface area (TPSA) is 129 Å². The monoisotopic (exact) mass is 773 g/mol. The average Bonchev–Trinajstić information content (AvgIpc) is 3.14. The van der Waals surface area contributed by atoms with Gasteiger partial charge in [-0.3, -0.25) is 24.5 Å². The fraction of sp³-hybridized carbons (Fsp3) is 0.513. The Morgan fingerprint density at radius 1 is 0.981 bits per heavy atom. The molecule has 3 aromatic rings. The van der Waals surface area contributed by atoms with Crippen LogP contribution in [0.2, 0.25) is 0 Å². The molecule has 5 heterocycles. The second-order valence-electron chi connectivity index (χ2n) is 15.2. The van der Waals surface area contributed by atoms with Gasteiger partial charge in [-0.15, -0.1) is 0 Å². The van der Waals surface area contributed by atoms with Gasteiger partial charge < -0.3 is 24.8 Å². The van der Waals surface area contributed by atoms with Gasteiger partial charge in [-0.25, -0.2) is 4.68 Å². The first-order valence-electron chi connectivity index (χ1n) is 18.4. The number of carbonyl (C=O) groups excluding carboxylic acids is 3. The van der Waals surface area contributed by atoms with E-state index in [1.807, 2.05) is 30.0 Å². The molecule has 1 spiro atoms. The Morgan fingerprint density at radius 3 is 2.38 bits per heavy atom. The van der Waals surface area contributed by atoms with Crippen LogP contribution in [0, 0.1) is 12.3 Å². The molecule has 1 aromatic heterocycles. The number of amides is 3. The van der Waals surface area contributed by atoms with E-state index >= 15 is 0 Å². The maximum absolute atomic E-state index is 13.6. The Morgan fingerprint density at radius 2 is 1.69 bits per heavy atom. The Hall–Kier alpha value is -4.23. The summed E-state index contributed by atoms with van der Waals surface area (Å²) in [5, 5.41) is 10.0. The zero-order valence-corrected chi connectivity index (χ0v) is 31.8. The largest absolute Gasteiger partial charge is 0.480 e. The summed E-state index contributed by atoms with van der Waals surface area (Å²) in [6.07, 6.45) is 6.87. The summed E-state index contributed by atoms with van der Waals surface area (Å²) in [4.78, 5) is 56.4. The number of rotatable bonds is 7.